The van der Waals surface area contributed by atoms with Crippen molar-refractivity contribution in [2.45, 2.75) is 19.4 Å². The van der Waals surface area contributed by atoms with Gasteiger partial charge >= 0.3 is 0 Å². The van der Waals surface area contributed by atoms with E-state index in [1.165, 1.54) is 0 Å². The quantitative estimate of drug-likeness (QED) is 0.818. The molecule has 0 radical (unpaired) electrons. The Hall–Kier alpha value is -1.06. The van der Waals surface area contributed by atoms with Crippen LogP contribution >= 0.6 is 0 Å². The van der Waals surface area contributed by atoms with Gasteiger partial charge in [-0.2, -0.15) is 0 Å². The van der Waals surface area contributed by atoms with Crippen molar-refractivity contribution in [1.82, 2.24) is 4.90 Å². The fourth-order valence-electron chi connectivity index (χ4n) is 1.83. The molecule has 0 heterocycles. The summed E-state index contributed by atoms with van der Waals surface area (Å²) in [6.07, 6.45) is 0. The van der Waals surface area contributed by atoms with Crippen molar-refractivity contribution in [3.8, 4) is 5.75 Å². The normalized spacial score (nSPS) is 17.1. The summed E-state index contributed by atoms with van der Waals surface area (Å²) in [5, 5.41) is 19.9. The third-order valence-electron chi connectivity index (χ3n) is 3.03. The highest BCUT2D eigenvalue weighted by molar-refractivity contribution is 5.31. The molecular weight excluding hydrogens is 202 g/mol. The van der Waals surface area contributed by atoms with Crippen LogP contribution in [0.3, 0.4) is 0 Å². The summed E-state index contributed by atoms with van der Waals surface area (Å²) >= 11 is 0. The van der Waals surface area contributed by atoms with Gasteiger partial charge in [0.15, 0.2) is 0 Å². The van der Waals surface area contributed by atoms with E-state index in [1.807, 2.05) is 32.0 Å². The Morgan fingerprint density at radius 2 is 2.00 bits per heavy atom. The summed E-state index contributed by atoms with van der Waals surface area (Å²) in [7, 11) is 3.96. The summed E-state index contributed by atoms with van der Waals surface area (Å²) in [5.41, 5.74) is -0.176. The lowest BCUT2D eigenvalue weighted by atomic mass is 9.83. The fraction of sp³-hybridized carbons (Fsp3) is 0.538. The van der Waals surface area contributed by atoms with E-state index in [4.69, 9.17) is 0 Å². The van der Waals surface area contributed by atoms with Gasteiger partial charge in [-0.3, -0.25) is 0 Å². The topological polar surface area (TPSA) is 43.7 Å². The molecule has 2 N–H and O–H groups in total. The molecule has 0 aliphatic carbocycles. The predicted octanol–water partition coefficient (Wildman–Crippen LogP) is 1.80. The Bertz CT molecular complexity index is 348. The van der Waals surface area contributed by atoms with Crippen molar-refractivity contribution >= 4 is 0 Å². The molecule has 0 aliphatic heterocycles. The number of hydrogen-bond donors (Lipinski definition) is 2. The van der Waals surface area contributed by atoms with Gasteiger partial charge in [0, 0.05) is 12.5 Å². The van der Waals surface area contributed by atoms with E-state index in [1.54, 1.807) is 25.1 Å². The molecule has 16 heavy (non-hydrogen) atoms. The SMILES string of the molecule is CC(CN(C)C)[C@](C)(O)c1cccc(O)c1. The van der Waals surface area contributed by atoms with Gasteiger partial charge in [0.25, 0.3) is 0 Å². The zero-order chi connectivity index (χ0) is 12.3. The van der Waals surface area contributed by atoms with Gasteiger partial charge in [0.2, 0.25) is 0 Å². The lowest BCUT2D eigenvalue weighted by Crippen LogP contribution is -2.36. The van der Waals surface area contributed by atoms with E-state index < -0.39 is 5.60 Å². The summed E-state index contributed by atoms with van der Waals surface area (Å²) in [4.78, 5) is 2.04. The average Bonchev–Trinajstić information content (AvgIpc) is 2.16. The van der Waals surface area contributed by atoms with E-state index in [2.05, 4.69) is 0 Å². The van der Waals surface area contributed by atoms with Crippen molar-refractivity contribution in [3.05, 3.63) is 29.8 Å². The maximum atomic E-state index is 10.5. The molecule has 1 aromatic carbocycles. The molecule has 0 bridgehead atoms. The number of aliphatic hydroxyl groups is 1. The first kappa shape index (κ1) is 13.0. The Labute approximate surface area is 97.3 Å². The highest BCUT2D eigenvalue weighted by Gasteiger charge is 2.30. The van der Waals surface area contributed by atoms with Crippen LogP contribution in [0.4, 0.5) is 0 Å². The zero-order valence-corrected chi connectivity index (χ0v) is 10.4. The fourth-order valence-corrected chi connectivity index (χ4v) is 1.83. The number of hydrogen-bond acceptors (Lipinski definition) is 3. The first-order valence-corrected chi connectivity index (χ1v) is 5.50. The van der Waals surface area contributed by atoms with E-state index >= 15 is 0 Å². The van der Waals surface area contributed by atoms with E-state index in [0.717, 1.165) is 12.1 Å². The summed E-state index contributed by atoms with van der Waals surface area (Å²) < 4.78 is 0. The number of benzene rings is 1. The number of aromatic hydroxyl groups is 1. The molecule has 1 rings (SSSR count). The molecule has 0 saturated carbocycles. The molecular formula is C13H21NO2. The summed E-state index contributed by atoms with van der Waals surface area (Å²) in [5.74, 6) is 0.277. The first-order chi connectivity index (χ1) is 7.34. The van der Waals surface area contributed by atoms with Crippen molar-refractivity contribution in [1.29, 1.82) is 0 Å². The Morgan fingerprint density at radius 3 is 2.50 bits per heavy atom. The van der Waals surface area contributed by atoms with Crippen LogP contribution in [0, 0.1) is 5.92 Å². The van der Waals surface area contributed by atoms with Gasteiger partial charge in [-0.15, -0.1) is 0 Å². The average molecular weight is 223 g/mol. The maximum Gasteiger partial charge on any atom is 0.115 e. The van der Waals surface area contributed by atoms with Crippen molar-refractivity contribution < 1.29 is 10.2 Å². The molecule has 0 fully saturated rings. The number of phenols is 1. The second-order valence-corrected chi connectivity index (χ2v) is 4.86. The van der Waals surface area contributed by atoms with E-state index in [9.17, 15) is 10.2 Å². The van der Waals surface area contributed by atoms with Crippen molar-refractivity contribution in [3.63, 3.8) is 0 Å². The zero-order valence-electron chi connectivity index (χ0n) is 10.4. The smallest absolute Gasteiger partial charge is 0.115 e. The minimum atomic E-state index is -0.928. The lowest BCUT2D eigenvalue weighted by Gasteiger charge is -2.32. The second kappa shape index (κ2) is 4.85. The van der Waals surface area contributed by atoms with Gasteiger partial charge in [-0.25, -0.2) is 0 Å². The molecule has 2 atom stereocenters. The van der Waals surface area contributed by atoms with Crippen LogP contribution < -0.4 is 0 Å². The maximum absolute atomic E-state index is 10.5. The third kappa shape index (κ3) is 2.97. The second-order valence-electron chi connectivity index (χ2n) is 4.86. The highest BCUT2D eigenvalue weighted by atomic mass is 16.3. The van der Waals surface area contributed by atoms with Gasteiger partial charge in [-0.1, -0.05) is 19.1 Å². The number of phenolic OH excluding ortho intramolecular Hbond substituents is 1. The summed E-state index contributed by atoms with van der Waals surface area (Å²) in [6, 6.07) is 6.82. The van der Waals surface area contributed by atoms with Gasteiger partial charge < -0.3 is 15.1 Å². The van der Waals surface area contributed by atoms with Crippen LogP contribution in [-0.4, -0.2) is 35.8 Å². The monoisotopic (exact) mass is 223 g/mol. The lowest BCUT2D eigenvalue weighted by molar-refractivity contribution is -0.00793. The number of rotatable bonds is 4. The van der Waals surface area contributed by atoms with Crippen LogP contribution in [-0.2, 0) is 5.60 Å². The molecule has 3 heteroatoms. The minimum Gasteiger partial charge on any atom is -0.508 e. The minimum absolute atomic E-state index is 0.0873. The third-order valence-corrected chi connectivity index (χ3v) is 3.03. The predicted molar refractivity (Wildman–Crippen MR) is 65.4 cm³/mol. The Kier molecular flexibility index (Phi) is 3.94. The van der Waals surface area contributed by atoms with E-state index in [-0.39, 0.29) is 11.7 Å². The Balaban J connectivity index is 2.92. The van der Waals surface area contributed by atoms with Crippen LogP contribution in [0.2, 0.25) is 0 Å². The standard InChI is InChI=1S/C13H21NO2/c1-10(9-14(3)4)13(2,16)11-6-5-7-12(15)8-11/h5-8,10,15-16H,9H2,1-4H3/t10?,13-/m0/s1. The molecule has 3 nitrogen and oxygen atoms in total. The largest absolute Gasteiger partial charge is 0.508 e. The van der Waals surface area contributed by atoms with Gasteiger partial charge in [-0.05, 0) is 38.7 Å². The molecule has 0 amide bonds. The van der Waals surface area contributed by atoms with Crippen LogP contribution in [0.1, 0.15) is 19.4 Å². The van der Waals surface area contributed by atoms with Crippen LogP contribution in [0.25, 0.3) is 0 Å². The molecule has 0 spiro atoms. The molecule has 0 saturated heterocycles. The van der Waals surface area contributed by atoms with Crippen molar-refractivity contribution in [2.75, 3.05) is 20.6 Å². The molecule has 0 aromatic heterocycles. The molecule has 0 aliphatic rings. The van der Waals surface area contributed by atoms with Crippen LogP contribution in [0.15, 0.2) is 24.3 Å². The van der Waals surface area contributed by atoms with E-state index in [0.29, 0.717) is 0 Å². The molecule has 90 valence electrons. The van der Waals surface area contributed by atoms with Gasteiger partial charge in [0.05, 0.1) is 5.60 Å². The molecule has 1 unspecified atom stereocenters. The van der Waals surface area contributed by atoms with Crippen molar-refractivity contribution in [2.24, 2.45) is 5.92 Å². The highest BCUT2D eigenvalue weighted by Crippen LogP contribution is 2.31. The summed E-state index contributed by atoms with van der Waals surface area (Å²) in [6.45, 7) is 4.59. The van der Waals surface area contributed by atoms with Crippen LogP contribution in [0.5, 0.6) is 5.75 Å². The Morgan fingerprint density at radius 1 is 1.38 bits per heavy atom. The first-order valence-electron chi connectivity index (χ1n) is 5.50. The number of nitrogens with zero attached hydrogens (tertiary/aromatic N) is 1. The van der Waals surface area contributed by atoms with Gasteiger partial charge in [0.1, 0.15) is 5.75 Å². The molecule has 1 aromatic rings.